The highest BCUT2D eigenvalue weighted by atomic mass is 14.7. The fraction of sp³-hybridized carbons (Fsp3) is 0.222. The molecule has 0 aliphatic rings. The maximum absolute atomic E-state index is 4.16. The monoisotopic (exact) mass is 133 g/mol. The van der Waals surface area contributed by atoms with Crippen molar-refractivity contribution >= 4 is 0 Å². The van der Waals surface area contributed by atoms with Crippen molar-refractivity contribution in [1.82, 2.24) is 4.98 Å². The van der Waals surface area contributed by atoms with Gasteiger partial charge in [0.2, 0.25) is 0 Å². The van der Waals surface area contributed by atoms with Gasteiger partial charge in [0.1, 0.15) is 0 Å². The Bertz CT molecular complexity index is 201. The Morgan fingerprint density at radius 1 is 1.50 bits per heavy atom. The number of pyridine rings is 1. The van der Waals surface area contributed by atoms with Gasteiger partial charge in [0.25, 0.3) is 0 Å². The lowest BCUT2D eigenvalue weighted by molar-refractivity contribution is 1.11. The van der Waals surface area contributed by atoms with Gasteiger partial charge in [0.05, 0.1) is 0 Å². The van der Waals surface area contributed by atoms with Crippen LogP contribution in [-0.2, 0) is 6.42 Å². The molecule has 1 heterocycles. The van der Waals surface area contributed by atoms with E-state index in [0.29, 0.717) is 0 Å². The number of hydrogen-bond donors (Lipinski definition) is 0. The molecule has 0 unspecified atom stereocenters. The van der Waals surface area contributed by atoms with Crippen molar-refractivity contribution in [3.63, 3.8) is 0 Å². The van der Waals surface area contributed by atoms with Crippen LogP contribution in [-0.4, -0.2) is 4.98 Å². The van der Waals surface area contributed by atoms with Crippen molar-refractivity contribution in [3.05, 3.63) is 42.2 Å². The van der Waals surface area contributed by atoms with Crippen molar-refractivity contribution < 1.29 is 0 Å². The van der Waals surface area contributed by atoms with Crippen molar-refractivity contribution in [3.8, 4) is 0 Å². The zero-order valence-electron chi connectivity index (χ0n) is 6.12. The van der Waals surface area contributed by atoms with Crippen molar-refractivity contribution in [2.24, 2.45) is 0 Å². The molecule has 0 aliphatic heterocycles. The molecule has 1 nitrogen and oxygen atoms in total. The van der Waals surface area contributed by atoms with Crippen LogP contribution in [0, 0.1) is 0 Å². The zero-order valence-corrected chi connectivity index (χ0v) is 6.12. The third-order valence-electron chi connectivity index (χ3n) is 1.29. The van der Waals surface area contributed by atoms with E-state index in [4.69, 9.17) is 0 Å². The Labute approximate surface area is 61.4 Å². The third kappa shape index (κ3) is 2.02. The predicted molar refractivity (Wildman–Crippen MR) is 42.8 cm³/mol. The van der Waals surface area contributed by atoms with Crippen LogP contribution in [0.4, 0.5) is 0 Å². The summed E-state index contributed by atoms with van der Waals surface area (Å²) in [5.74, 6) is 0. The molecule has 0 amide bonds. The minimum absolute atomic E-state index is 0.942. The highest BCUT2D eigenvalue weighted by Crippen LogP contribution is 1.94. The Morgan fingerprint density at radius 2 is 2.40 bits per heavy atom. The molecule has 0 aromatic carbocycles. The highest BCUT2D eigenvalue weighted by molar-refractivity contribution is 5.07. The summed E-state index contributed by atoms with van der Waals surface area (Å²) in [6, 6.07) is 5.96. The number of aromatic nitrogens is 1. The van der Waals surface area contributed by atoms with Crippen molar-refractivity contribution in [1.29, 1.82) is 0 Å². The largest absolute Gasteiger partial charge is 0.261 e. The van der Waals surface area contributed by atoms with Gasteiger partial charge in [-0.05, 0) is 19.1 Å². The molecule has 0 radical (unpaired) electrons. The number of rotatable bonds is 2. The minimum atomic E-state index is 0.942. The van der Waals surface area contributed by atoms with Crippen LogP contribution in [0.15, 0.2) is 36.5 Å². The average molecular weight is 133 g/mol. The summed E-state index contributed by atoms with van der Waals surface area (Å²) in [4.78, 5) is 4.16. The summed E-state index contributed by atoms with van der Waals surface area (Å²) in [5, 5.41) is 0. The molecule has 0 saturated carbocycles. The summed E-state index contributed by atoms with van der Waals surface area (Å²) in [5.41, 5.74) is 1.13. The van der Waals surface area contributed by atoms with E-state index in [1.165, 1.54) is 0 Å². The molecule has 0 aliphatic carbocycles. The predicted octanol–water partition coefficient (Wildman–Crippen LogP) is 2.20. The van der Waals surface area contributed by atoms with E-state index in [1.54, 1.807) is 0 Å². The summed E-state index contributed by atoms with van der Waals surface area (Å²) in [6.07, 6.45) is 6.90. The maximum Gasteiger partial charge on any atom is 0.0441 e. The molecule has 0 saturated heterocycles. The van der Waals surface area contributed by atoms with E-state index in [2.05, 4.69) is 11.1 Å². The van der Waals surface area contributed by atoms with Crippen LogP contribution >= 0.6 is 0 Å². The third-order valence-corrected chi connectivity index (χ3v) is 1.29. The van der Waals surface area contributed by atoms with Gasteiger partial charge in [-0.25, -0.2) is 0 Å². The summed E-state index contributed by atoms with van der Waals surface area (Å²) in [7, 11) is 0. The Morgan fingerprint density at radius 3 is 3.00 bits per heavy atom. The van der Waals surface area contributed by atoms with Gasteiger partial charge in [-0.1, -0.05) is 18.2 Å². The topological polar surface area (TPSA) is 12.9 Å². The molecule has 0 fully saturated rings. The second-order valence-electron chi connectivity index (χ2n) is 2.09. The zero-order chi connectivity index (χ0) is 7.23. The fourth-order valence-corrected chi connectivity index (χ4v) is 0.757. The fourth-order valence-electron chi connectivity index (χ4n) is 0.757. The molecule has 0 spiro atoms. The van der Waals surface area contributed by atoms with Gasteiger partial charge in [0.15, 0.2) is 0 Å². The summed E-state index contributed by atoms with van der Waals surface area (Å²) in [6.45, 7) is 2.02. The molecule has 1 rings (SSSR count). The molecule has 0 atom stereocenters. The van der Waals surface area contributed by atoms with Gasteiger partial charge in [-0.15, -0.1) is 0 Å². The maximum atomic E-state index is 4.16. The smallest absolute Gasteiger partial charge is 0.0441 e. The van der Waals surface area contributed by atoms with Crippen molar-refractivity contribution in [2.45, 2.75) is 13.3 Å². The van der Waals surface area contributed by atoms with Crippen LogP contribution in [0.5, 0.6) is 0 Å². The standard InChI is InChI=1S/C9H11N/c1-2-3-6-9-7-4-5-8-10-9/h2-5,7-8H,6H2,1H3/b3-2-. The molecule has 1 aromatic rings. The average Bonchev–Trinajstić information content (AvgIpc) is 2.03. The second-order valence-corrected chi connectivity index (χ2v) is 2.09. The minimum Gasteiger partial charge on any atom is -0.261 e. The Hall–Kier alpha value is -1.11. The van der Waals surface area contributed by atoms with E-state index in [0.717, 1.165) is 12.1 Å². The van der Waals surface area contributed by atoms with E-state index >= 15 is 0 Å². The molecule has 0 N–H and O–H groups in total. The number of nitrogens with zero attached hydrogens (tertiary/aromatic N) is 1. The first-order valence-corrected chi connectivity index (χ1v) is 3.44. The number of allylic oxidation sites excluding steroid dienone is 2. The lowest BCUT2D eigenvalue weighted by Crippen LogP contribution is -1.83. The molecule has 52 valence electrons. The van der Waals surface area contributed by atoms with E-state index < -0.39 is 0 Å². The lowest BCUT2D eigenvalue weighted by Gasteiger charge is -1.91. The molecular weight excluding hydrogens is 122 g/mol. The molecule has 1 heteroatoms. The first-order chi connectivity index (χ1) is 4.93. The van der Waals surface area contributed by atoms with Crippen molar-refractivity contribution in [2.75, 3.05) is 0 Å². The van der Waals surface area contributed by atoms with Crippen LogP contribution in [0.2, 0.25) is 0 Å². The molecule has 0 bridgehead atoms. The molecular formula is C9H11N. The molecule has 10 heavy (non-hydrogen) atoms. The quantitative estimate of drug-likeness (QED) is 0.563. The van der Waals surface area contributed by atoms with Gasteiger partial charge in [0, 0.05) is 18.3 Å². The van der Waals surface area contributed by atoms with Gasteiger partial charge < -0.3 is 0 Å². The van der Waals surface area contributed by atoms with Gasteiger partial charge in [-0.2, -0.15) is 0 Å². The van der Waals surface area contributed by atoms with Crippen LogP contribution in [0.25, 0.3) is 0 Å². The number of hydrogen-bond acceptors (Lipinski definition) is 1. The molecule has 1 aromatic heterocycles. The first kappa shape index (κ1) is 7.00. The SMILES string of the molecule is C/C=C\Cc1ccccn1. The van der Waals surface area contributed by atoms with Crippen LogP contribution in [0.1, 0.15) is 12.6 Å². The van der Waals surface area contributed by atoms with Gasteiger partial charge >= 0.3 is 0 Å². The summed E-state index contributed by atoms with van der Waals surface area (Å²) >= 11 is 0. The van der Waals surface area contributed by atoms with E-state index in [9.17, 15) is 0 Å². The Kier molecular flexibility index (Phi) is 2.68. The summed E-state index contributed by atoms with van der Waals surface area (Å²) < 4.78 is 0. The van der Waals surface area contributed by atoms with E-state index in [-0.39, 0.29) is 0 Å². The van der Waals surface area contributed by atoms with Crippen LogP contribution < -0.4 is 0 Å². The lowest BCUT2D eigenvalue weighted by atomic mass is 10.2. The van der Waals surface area contributed by atoms with Crippen LogP contribution in [0.3, 0.4) is 0 Å². The van der Waals surface area contributed by atoms with Gasteiger partial charge in [-0.3, -0.25) is 4.98 Å². The Balaban J connectivity index is 2.59. The normalized spacial score (nSPS) is 10.5. The van der Waals surface area contributed by atoms with E-state index in [1.807, 2.05) is 37.4 Å². The first-order valence-electron chi connectivity index (χ1n) is 3.44. The second kappa shape index (κ2) is 3.83. The highest BCUT2D eigenvalue weighted by Gasteiger charge is 1.84.